The van der Waals surface area contributed by atoms with Crippen molar-refractivity contribution in [3.63, 3.8) is 0 Å². The number of benzene rings is 1. The van der Waals surface area contributed by atoms with Gasteiger partial charge in [-0.15, -0.1) is 5.54 Å². The summed E-state index contributed by atoms with van der Waals surface area (Å²) >= 11 is 0. The summed E-state index contributed by atoms with van der Waals surface area (Å²) < 4.78 is 5.21. The van der Waals surface area contributed by atoms with Crippen LogP contribution in [0.5, 0.6) is 0 Å². The van der Waals surface area contributed by atoms with Gasteiger partial charge in [0, 0.05) is 11.1 Å². The fraction of sp³-hybridized carbons (Fsp3) is 0.471. The molecule has 1 amide bonds. The van der Waals surface area contributed by atoms with E-state index in [1.807, 2.05) is 45.0 Å². The molecular weight excluding hydrogens is 278 g/mol. The molecule has 0 bridgehead atoms. The van der Waals surface area contributed by atoms with Crippen LogP contribution in [0, 0.1) is 11.5 Å². The zero-order valence-electron chi connectivity index (χ0n) is 13.8. The molecule has 1 aromatic rings. The number of amides is 1. The summed E-state index contributed by atoms with van der Waals surface area (Å²) in [4.78, 5) is 11.6. The van der Waals surface area contributed by atoms with Crippen molar-refractivity contribution in [2.24, 2.45) is 0 Å². The second kappa shape index (κ2) is 6.82. The van der Waals surface area contributed by atoms with Crippen LogP contribution in [0.25, 0.3) is 0 Å². The second-order valence-electron chi connectivity index (χ2n) is 7.15. The van der Waals surface area contributed by atoms with Crippen LogP contribution in [-0.4, -0.2) is 19.7 Å². The van der Waals surface area contributed by atoms with Gasteiger partial charge in [0.2, 0.25) is 0 Å². The van der Waals surface area contributed by atoms with E-state index in [0.717, 1.165) is 11.1 Å². The van der Waals surface area contributed by atoms with E-state index >= 15 is 0 Å². The predicted octanol–water partition coefficient (Wildman–Crippen LogP) is 3.94. The number of ether oxygens (including phenoxy) is 1. The second-order valence-corrected chi connectivity index (χ2v) is 11.9. The fourth-order valence-electron chi connectivity index (χ4n) is 1.49. The van der Waals surface area contributed by atoms with E-state index in [1.54, 1.807) is 0 Å². The minimum atomic E-state index is -1.38. The molecule has 0 unspecified atom stereocenters. The van der Waals surface area contributed by atoms with Gasteiger partial charge in [0.1, 0.15) is 14.7 Å². The molecule has 3 nitrogen and oxygen atoms in total. The van der Waals surface area contributed by atoms with E-state index in [-0.39, 0.29) is 12.1 Å². The smallest absolute Gasteiger partial charge is 0.407 e. The first-order chi connectivity index (χ1) is 9.55. The van der Waals surface area contributed by atoms with Crippen LogP contribution < -0.4 is 5.32 Å². The van der Waals surface area contributed by atoms with Crippen molar-refractivity contribution >= 4 is 14.2 Å². The quantitative estimate of drug-likeness (QED) is 0.664. The topological polar surface area (TPSA) is 38.3 Å². The molecule has 0 aliphatic rings. The van der Waals surface area contributed by atoms with E-state index in [4.69, 9.17) is 4.74 Å². The SMILES string of the molecule is CC(C)(C)NC(=O)OCc1cccc(C#C[Si](C)(C)C)c1. The summed E-state index contributed by atoms with van der Waals surface area (Å²) in [5.41, 5.74) is 4.95. The predicted molar refractivity (Wildman–Crippen MR) is 89.7 cm³/mol. The van der Waals surface area contributed by atoms with Crippen molar-refractivity contribution in [3.8, 4) is 11.5 Å². The number of alkyl carbamates (subject to hydrolysis) is 1. The average Bonchev–Trinajstić information content (AvgIpc) is 2.32. The first kappa shape index (κ1) is 17.3. The standard InChI is InChI=1S/C17H25NO2Si/c1-17(2,3)18-16(19)20-13-15-9-7-8-14(12-15)10-11-21(4,5)6/h7-9,12H,13H2,1-6H3,(H,18,19). The lowest BCUT2D eigenvalue weighted by Crippen LogP contribution is -2.40. The Morgan fingerprint density at radius 1 is 1.29 bits per heavy atom. The molecule has 0 radical (unpaired) electrons. The van der Waals surface area contributed by atoms with Crippen molar-refractivity contribution < 1.29 is 9.53 Å². The van der Waals surface area contributed by atoms with Crippen molar-refractivity contribution in [2.75, 3.05) is 0 Å². The highest BCUT2D eigenvalue weighted by molar-refractivity contribution is 6.83. The third kappa shape index (κ3) is 8.21. The third-order valence-corrected chi connectivity index (χ3v) is 3.23. The van der Waals surface area contributed by atoms with Crippen LogP contribution in [0.15, 0.2) is 24.3 Å². The maximum Gasteiger partial charge on any atom is 0.407 e. The van der Waals surface area contributed by atoms with E-state index in [1.165, 1.54) is 0 Å². The lowest BCUT2D eigenvalue weighted by Gasteiger charge is -2.19. The van der Waals surface area contributed by atoms with Crippen molar-refractivity contribution in [2.45, 2.75) is 52.6 Å². The number of hydrogen-bond acceptors (Lipinski definition) is 2. The highest BCUT2D eigenvalue weighted by Crippen LogP contribution is 2.08. The van der Waals surface area contributed by atoms with Crippen molar-refractivity contribution in [1.29, 1.82) is 0 Å². The number of rotatable bonds is 2. The zero-order chi connectivity index (χ0) is 16.1. The normalized spacial score (nSPS) is 11.3. The van der Waals surface area contributed by atoms with Crippen LogP contribution in [0.4, 0.5) is 4.79 Å². The molecule has 0 saturated heterocycles. The summed E-state index contributed by atoms with van der Waals surface area (Å²) in [5.74, 6) is 3.21. The first-order valence-electron chi connectivity index (χ1n) is 7.12. The van der Waals surface area contributed by atoms with E-state index < -0.39 is 14.2 Å². The minimum absolute atomic E-state index is 0.254. The molecule has 21 heavy (non-hydrogen) atoms. The van der Waals surface area contributed by atoms with Crippen LogP contribution in [0.3, 0.4) is 0 Å². The molecule has 1 aromatic carbocycles. The first-order valence-corrected chi connectivity index (χ1v) is 10.6. The Morgan fingerprint density at radius 3 is 2.52 bits per heavy atom. The number of carbonyl (C=O) groups excluding carboxylic acids is 1. The van der Waals surface area contributed by atoms with Crippen LogP contribution in [-0.2, 0) is 11.3 Å². The Hall–Kier alpha value is -1.73. The number of carbonyl (C=O) groups is 1. The molecule has 0 fully saturated rings. The Kier molecular flexibility index (Phi) is 5.62. The monoisotopic (exact) mass is 303 g/mol. The fourth-order valence-corrected chi connectivity index (χ4v) is 2.01. The molecular formula is C17H25NO2Si. The number of hydrogen-bond donors (Lipinski definition) is 1. The Morgan fingerprint density at radius 2 is 1.95 bits per heavy atom. The molecule has 1 N–H and O–H groups in total. The molecule has 114 valence electrons. The molecule has 0 spiro atoms. The van der Waals surface area contributed by atoms with Crippen LogP contribution >= 0.6 is 0 Å². The summed E-state index contributed by atoms with van der Waals surface area (Å²) in [6.45, 7) is 12.6. The molecule has 0 aromatic heterocycles. The lowest BCUT2D eigenvalue weighted by molar-refractivity contribution is 0.131. The molecule has 0 heterocycles. The highest BCUT2D eigenvalue weighted by Gasteiger charge is 2.14. The van der Waals surface area contributed by atoms with Gasteiger partial charge in [-0.2, -0.15) is 0 Å². The molecule has 4 heteroatoms. The summed E-state index contributed by atoms with van der Waals surface area (Å²) in [6, 6.07) is 7.82. The van der Waals surface area contributed by atoms with Crippen molar-refractivity contribution in [3.05, 3.63) is 35.4 Å². The van der Waals surface area contributed by atoms with E-state index in [2.05, 4.69) is 36.4 Å². The maximum absolute atomic E-state index is 11.6. The zero-order valence-corrected chi connectivity index (χ0v) is 14.8. The van der Waals surface area contributed by atoms with Gasteiger partial charge >= 0.3 is 6.09 Å². The lowest BCUT2D eigenvalue weighted by atomic mass is 10.1. The van der Waals surface area contributed by atoms with Gasteiger partial charge in [0.15, 0.2) is 0 Å². The van der Waals surface area contributed by atoms with Gasteiger partial charge < -0.3 is 10.1 Å². The number of nitrogens with one attached hydrogen (secondary N) is 1. The maximum atomic E-state index is 11.6. The average molecular weight is 303 g/mol. The highest BCUT2D eigenvalue weighted by atomic mass is 28.3. The Balaban J connectivity index is 2.65. The van der Waals surface area contributed by atoms with Crippen LogP contribution in [0.2, 0.25) is 19.6 Å². The van der Waals surface area contributed by atoms with Gasteiger partial charge in [0.25, 0.3) is 0 Å². The molecule has 0 saturated carbocycles. The van der Waals surface area contributed by atoms with Gasteiger partial charge in [-0.1, -0.05) is 37.7 Å². The summed E-state index contributed by atoms with van der Waals surface area (Å²) in [7, 11) is -1.38. The van der Waals surface area contributed by atoms with Gasteiger partial charge in [-0.3, -0.25) is 0 Å². The largest absolute Gasteiger partial charge is 0.445 e. The molecule has 0 atom stereocenters. The third-order valence-electron chi connectivity index (χ3n) is 2.36. The Labute approximate surface area is 129 Å². The summed E-state index contributed by atoms with van der Waals surface area (Å²) in [5, 5.41) is 2.77. The van der Waals surface area contributed by atoms with Crippen LogP contribution in [0.1, 0.15) is 31.9 Å². The molecule has 1 rings (SSSR count). The van der Waals surface area contributed by atoms with E-state index in [9.17, 15) is 4.79 Å². The summed E-state index contributed by atoms with van der Waals surface area (Å²) in [6.07, 6.45) is -0.402. The van der Waals surface area contributed by atoms with Gasteiger partial charge in [0.05, 0.1) is 0 Å². The van der Waals surface area contributed by atoms with Crippen molar-refractivity contribution in [1.82, 2.24) is 5.32 Å². The molecule has 0 aliphatic carbocycles. The van der Waals surface area contributed by atoms with E-state index in [0.29, 0.717) is 0 Å². The minimum Gasteiger partial charge on any atom is -0.445 e. The molecule has 0 aliphatic heterocycles. The van der Waals surface area contributed by atoms with Gasteiger partial charge in [-0.25, -0.2) is 4.79 Å². The van der Waals surface area contributed by atoms with Gasteiger partial charge in [-0.05, 0) is 38.5 Å². The Bertz CT molecular complexity index is 557.